The molecular weight excluding hydrogens is 172 g/mol. The fourth-order valence-electron chi connectivity index (χ4n) is 1.43. The molecular formula is C7H14N4O2. The van der Waals surface area contributed by atoms with Gasteiger partial charge in [-0.05, 0) is 5.53 Å². The van der Waals surface area contributed by atoms with E-state index < -0.39 is 6.10 Å². The minimum atomic E-state index is -0.534. The normalized spacial score (nSPS) is 28.8. The number of hydrogen-bond acceptors (Lipinski definition) is 4. The zero-order chi connectivity index (χ0) is 9.68. The minimum Gasteiger partial charge on any atom is -0.391 e. The molecule has 1 aliphatic rings. The Labute approximate surface area is 76.7 Å². The van der Waals surface area contributed by atoms with Crippen LogP contribution in [0, 0.1) is 0 Å². The third kappa shape index (κ3) is 2.86. The number of ether oxygens (including phenoxy) is 1. The number of likely N-dealkylation sites (tertiary alicyclic amines) is 1. The molecule has 0 radical (unpaired) electrons. The van der Waals surface area contributed by atoms with Gasteiger partial charge in [0.2, 0.25) is 0 Å². The van der Waals surface area contributed by atoms with Crippen LogP contribution in [0.3, 0.4) is 0 Å². The third-order valence-electron chi connectivity index (χ3n) is 2.15. The predicted octanol–water partition coefficient (Wildman–Crippen LogP) is -0.0118. The summed E-state index contributed by atoms with van der Waals surface area (Å²) < 4.78 is 4.91. The van der Waals surface area contributed by atoms with Crippen LogP contribution in [0.4, 0.5) is 0 Å². The maximum absolute atomic E-state index is 9.44. The Morgan fingerprint density at radius 1 is 1.69 bits per heavy atom. The smallest absolute Gasteiger partial charge is 0.0773 e. The summed E-state index contributed by atoms with van der Waals surface area (Å²) in [4.78, 5) is 4.71. The van der Waals surface area contributed by atoms with E-state index in [1.165, 1.54) is 0 Å². The van der Waals surface area contributed by atoms with Crippen molar-refractivity contribution in [3.8, 4) is 0 Å². The molecule has 6 nitrogen and oxygen atoms in total. The Morgan fingerprint density at radius 3 is 3.08 bits per heavy atom. The largest absolute Gasteiger partial charge is 0.391 e. The fourth-order valence-corrected chi connectivity index (χ4v) is 1.43. The van der Waals surface area contributed by atoms with E-state index in [2.05, 4.69) is 10.0 Å². The van der Waals surface area contributed by atoms with Crippen molar-refractivity contribution >= 4 is 0 Å². The average Bonchev–Trinajstić information content (AvgIpc) is 2.45. The first-order chi connectivity index (χ1) is 6.27. The molecule has 1 heterocycles. The van der Waals surface area contributed by atoms with Gasteiger partial charge < -0.3 is 9.84 Å². The molecule has 1 N–H and O–H groups in total. The van der Waals surface area contributed by atoms with Crippen molar-refractivity contribution in [2.45, 2.75) is 12.1 Å². The van der Waals surface area contributed by atoms with Crippen LogP contribution in [0.2, 0.25) is 0 Å². The number of aliphatic hydroxyl groups excluding tert-OH is 1. The molecule has 0 aromatic heterocycles. The molecule has 0 aliphatic carbocycles. The molecule has 2 atom stereocenters. The van der Waals surface area contributed by atoms with Gasteiger partial charge in [-0.3, -0.25) is 4.90 Å². The Hall–Kier alpha value is -0.810. The van der Waals surface area contributed by atoms with Crippen molar-refractivity contribution in [2.24, 2.45) is 5.11 Å². The highest BCUT2D eigenvalue weighted by Crippen LogP contribution is 2.12. The summed E-state index contributed by atoms with van der Waals surface area (Å²) >= 11 is 0. The van der Waals surface area contributed by atoms with Crippen LogP contribution in [0.5, 0.6) is 0 Å². The topological polar surface area (TPSA) is 81.5 Å². The molecule has 1 rings (SSSR count). The molecule has 74 valence electrons. The van der Waals surface area contributed by atoms with Gasteiger partial charge in [0.25, 0.3) is 0 Å². The van der Waals surface area contributed by atoms with E-state index in [9.17, 15) is 5.11 Å². The SMILES string of the molecule is COCCN1C[C@@H](O)[C@H](N=[N+]=[N-])C1. The van der Waals surface area contributed by atoms with Crippen molar-refractivity contribution in [1.82, 2.24) is 4.90 Å². The monoisotopic (exact) mass is 186 g/mol. The Morgan fingerprint density at radius 2 is 2.46 bits per heavy atom. The Balaban J connectivity index is 2.35. The van der Waals surface area contributed by atoms with E-state index in [0.29, 0.717) is 19.7 Å². The van der Waals surface area contributed by atoms with Gasteiger partial charge in [-0.1, -0.05) is 5.11 Å². The summed E-state index contributed by atoms with van der Waals surface area (Å²) in [6, 6.07) is -0.304. The van der Waals surface area contributed by atoms with E-state index in [4.69, 9.17) is 10.3 Å². The molecule has 0 unspecified atom stereocenters. The maximum Gasteiger partial charge on any atom is 0.0773 e. The first-order valence-corrected chi connectivity index (χ1v) is 4.21. The molecule has 0 bridgehead atoms. The van der Waals surface area contributed by atoms with E-state index in [1.54, 1.807) is 7.11 Å². The summed E-state index contributed by atoms with van der Waals surface area (Å²) in [6.45, 7) is 2.59. The molecule has 1 aliphatic heterocycles. The minimum absolute atomic E-state index is 0.304. The number of rotatable bonds is 4. The highest BCUT2D eigenvalue weighted by Gasteiger charge is 2.29. The summed E-state index contributed by atoms with van der Waals surface area (Å²) in [6.07, 6.45) is -0.534. The van der Waals surface area contributed by atoms with Gasteiger partial charge in [0.15, 0.2) is 0 Å². The van der Waals surface area contributed by atoms with Crippen LogP contribution >= 0.6 is 0 Å². The van der Waals surface area contributed by atoms with Crippen LogP contribution in [0.15, 0.2) is 5.11 Å². The lowest BCUT2D eigenvalue weighted by Gasteiger charge is -2.13. The van der Waals surface area contributed by atoms with Crippen molar-refractivity contribution in [2.75, 3.05) is 33.4 Å². The second-order valence-corrected chi connectivity index (χ2v) is 3.09. The Kier molecular flexibility index (Phi) is 3.98. The average molecular weight is 186 g/mol. The number of hydrogen-bond donors (Lipinski definition) is 1. The fraction of sp³-hybridized carbons (Fsp3) is 1.00. The zero-order valence-corrected chi connectivity index (χ0v) is 7.63. The van der Waals surface area contributed by atoms with Gasteiger partial charge in [0.05, 0.1) is 18.8 Å². The first-order valence-electron chi connectivity index (χ1n) is 4.21. The van der Waals surface area contributed by atoms with Gasteiger partial charge in [-0.25, -0.2) is 0 Å². The van der Waals surface area contributed by atoms with Crippen molar-refractivity contribution < 1.29 is 9.84 Å². The highest BCUT2D eigenvalue weighted by molar-refractivity contribution is 4.88. The maximum atomic E-state index is 9.44. The molecule has 0 aromatic carbocycles. The van der Waals surface area contributed by atoms with Crippen molar-refractivity contribution in [3.05, 3.63) is 10.4 Å². The third-order valence-corrected chi connectivity index (χ3v) is 2.15. The highest BCUT2D eigenvalue weighted by atomic mass is 16.5. The lowest BCUT2D eigenvalue weighted by molar-refractivity contribution is 0.139. The number of aliphatic hydroxyl groups is 1. The lowest BCUT2D eigenvalue weighted by Crippen LogP contribution is -2.25. The molecule has 1 fully saturated rings. The summed E-state index contributed by atoms with van der Waals surface area (Å²) in [5, 5.41) is 13.0. The number of nitrogens with zero attached hydrogens (tertiary/aromatic N) is 4. The van der Waals surface area contributed by atoms with E-state index in [1.807, 2.05) is 4.90 Å². The standard InChI is InChI=1S/C7H14N4O2/c1-13-3-2-11-4-6(9-10-8)7(12)5-11/h6-7,12H,2-5H2,1H3/t6-,7-/m1/s1. The lowest BCUT2D eigenvalue weighted by atomic mass is 10.2. The van der Waals surface area contributed by atoms with Gasteiger partial charge in [0.1, 0.15) is 0 Å². The van der Waals surface area contributed by atoms with E-state index in [0.717, 1.165) is 6.54 Å². The van der Waals surface area contributed by atoms with Gasteiger partial charge in [0, 0.05) is 31.7 Å². The predicted molar refractivity (Wildman–Crippen MR) is 47.3 cm³/mol. The van der Waals surface area contributed by atoms with Crippen LogP contribution in [0.1, 0.15) is 0 Å². The molecule has 0 saturated carbocycles. The van der Waals surface area contributed by atoms with E-state index in [-0.39, 0.29) is 6.04 Å². The van der Waals surface area contributed by atoms with Crippen LogP contribution in [-0.2, 0) is 4.74 Å². The van der Waals surface area contributed by atoms with Crippen LogP contribution in [0.25, 0.3) is 10.4 Å². The number of methoxy groups -OCH3 is 1. The van der Waals surface area contributed by atoms with Gasteiger partial charge >= 0.3 is 0 Å². The number of azide groups is 1. The van der Waals surface area contributed by atoms with Crippen molar-refractivity contribution in [3.63, 3.8) is 0 Å². The first kappa shape index (κ1) is 10.3. The molecule has 0 aromatic rings. The zero-order valence-electron chi connectivity index (χ0n) is 7.63. The Bertz CT molecular complexity index is 205. The molecule has 1 saturated heterocycles. The molecule has 0 amide bonds. The van der Waals surface area contributed by atoms with Crippen LogP contribution in [-0.4, -0.2) is 55.5 Å². The van der Waals surface area contributed by atoms with Crippen LogP contribution < -0.4 is 0 Å². The van der Waals surface area contributed by atoms with E-state index >= 15 is 0 Å². The molecule has 6 heteroatoms. The van der Waals surface area contributed by atoms with Gasteiger partial charge in [-0.2, -0.15) is 0 Å². The second-order valence-electron chi connectivity index (χ2n) is 3.09. The van der Waals surface area contributed by atoms with Crippen molar-refractivity contribution in [1.29, 1.82) is 0 Å². The number of β-amino-alcohol motifs (C(OH)–C–C–N with tert-alkyl or cyclic N) is 1. The summed E-state index contributed by atoms with van der Waals surface area (Å²) in [5.41, 5.74) is 8.21. The molecule has 13 heavy (non-hydrogen) atoms. The van der Waals surface area contributed by atoms with Gasteiger partial charge in [-0.15, -0.1) is 0 Å². The quantitative estimate of drug-likeness (QED) is 0.381. The molecule has 0 spiro atoms. The summed E-state index contributed by atoms with van der Waals surface area (Å²) in [7, 11) is 1.64. The second kappa shape index (κ2) is 5.04. The summed E-state index contributed by atoms with van der Waals surface area (Å²) in [5.74, 6) is 0.